The molecule has 104 valence electrons. The zero-order chi connectivity index (χ0) is 13.8. The summed E-state index contributed by atoms with van der Waals surface area (Å²) in [4.78, 5) is 13.2. The monoisotopic (exact) mass is 279 g/mol. The first-order valence-corrected chi connectivity index (χ1v) is 7.48. The smallest absolute Gasteiger partial charge is 0.315 e. The highest BCUT2D eigenvalue weighted by molar-refractivity contribution is 8.01. The van der Waals surface area contributed by atoms with E-state index in [0.29, 0.717) is 5.25 Å². The average molecular weight is 279 g/mol. The number of urea groups is 1. The van der Waals surface area contributed by atoms with Crippen LogP contribution in [0.5, 0.6) is 0 Å². The fourth-order valence-corrected chi connectivity index (χ4v) is 3.95. The van der Waals surface area contributed by atoms with Gasteiger partial charge in [-0.05, 0) is 36.9 Å². The minimum atomic E-state index is -0.294. The van der Waals surface area contributed by atoms with Crippen LogP contribution < -0.4 is 10.0 Å². The summed E-state index contributed by atoms with van der Waals surface area (Å²) in [7, 11) is 2.07. The quantitative estimate of drug-likeness (QED) is 0.862. The summed E-state index contributed by atoms with van der Waals surface area (Å²) in [5, 5.41) is 0.419. The average Bonchev–Trinajstić information content (AvgIpc) is 2.82. The number of nitrogens with zero attached hydrogens (tertiary/aromatic N) is 2. The third-order valence-corrected chi connectivity index (χ3v) is 4.95. The Kier molecular flexibility index (Phi) is 4.58. The number of benzene rings is 1. The van der Waals surface area contributed by atoms with Crippen LogP contribution in [-0.2, 0) is 0 Å². The molecular weight excluding hydrogens is 258 g/mol. The maximum absolute atomic E-state index is 11.4. The first kappa shape index (κ1) is 14.1. The molecule has 1 saturated heterocycles. The van der Waals surface area contributed by atoms with Crippen LogP contribution in [0.2, 0.25) is 0 Å². The lowest BCUT2D eigenvalue weighted by Crippen LogP contribution is -2.42. The molecule has 4 nitrogen and oxygen atoms in total. The van der Waals surface area contributed by atoms with Gasteiger partial charge in [0, 0.05) is 30.6 Å². The van der Waals surface area contributed by atoms with E-state index in [0.717, 1.165) is 19.4 Å². The predicted octanol–water partition coefficient (Wildman–Crippen LogP) is 2.70. The molecule has 2 unspecified atom stereocenters. The normalized spacial score (nSPS) is 22.5. The molecule has 0 aromatic heterocycles. The van der Waals surface area contributed by atoms with Gasteiger partial charge >= 0.3 is 6.03 Å². The van der Waals surface area contributed by atoms with E-state index in [1.165, 1.54) is 5.69 Å². The van der Waals surface area contributed by atoms with Gasteiger partial charge in [0.2, 0.25) is 0 Å². The molecule has 0 radical (unpaired) electrons. The molecule has 2 N–H and O–H groups in total. The van der Waals surface area contributed by atoms with E-state index in [1.807, 2.05) is 18.2 Å². The van der Waals surface area contributed by atoms with Crippen molar-refractivity contribution in [3.63, 3.8) is 0 Å². The molecule has 1 aliphatic heterocycles. The Balaban J connectivity index is 2.01. The van der Waals surface area contributed by atoms with Gasteiger partial charge in [-0.15, -0.1) is 0 Å². The Bertz CT molecular complexity index is 426. The molecule has 1 fully saturated rings. The third-order valence-electron chi connectivity index (χ3n) is 3.60. The highest BCUT2D eigenvalue weighted by atomic mass is 32.2. The van der Waals surface area contributed by atoms with Crippen molar-refractivity contribution in [3.8, 4) is 0 Å². The largest absolute Gasteiger partial charge is 0.351 e. The van der Waals surface area contributed by atoms with Gasteiger partial charge in [-0.1, -0.05) is 25.1 Å². The van der Waals surface area contributed by atoms with Crippen molar-refractivity contribution in [1.29, 1.82) is 0 Å². The van der Waals surface area contributed by atoms with Crippen LogP contribution >= 0.6 is 11.9 Å². The highest BCUT2D eigenvalue weighted by Gasteiger charge is 2.36. The number of carbonyl (C=O) groups is 1. The number of likely N-dealkylation sites (tertiary alicyclic amines) is 1. The van der Waals surface area contributed by atoms with Crippen LogP contribution in [0.3, 0.4) is 0 Å². The first-order chi connectivity index (χ1) is 9.13. The molecule has 2 amide bonds. The topological polar surface area (TPSA) is 49.6 Å². The first-order valence-electron chi connectivity index (χ1n) is 6.65. The molecule has 1 aromatic rings. The van der Waals surface area contributed by atoms with Gasteiger partial charge in [0.25, 0.3) is 0 Å². The van der Waals surface area contributed by atoms with Gasteiger partial charge in [-0.2, -0.15) is 0 Å². The molecule has 0 bridgehead atoms. The summed E-state index contributed by atoms with van der Waals surface area (Å²) in [5.41, 5.74) is 6.61. The van der Waals surface area contributed by atoms with E-state index in [4.69, 9.17) is 5.73 Å². The van der Waals surface area contributed by atoms with Crippen LogP contribution in [0.15, 0.2) is 30.3 Å². The predicted molar refractivity (Wildman–Crippen MR) is 81.2 cm³/mol. The van der Waals surface area contributed by atoms with Gasteiger partial charge in [-0.3, -0.25) is 0 Å². The van der Waals surface area contributed by atoms with E-state index >= 15 is 0 Å². The number of amides is 2. The minimum Gasteiger partial charge on any atom is -0.351 e. The Labute approximate surface area is 119 Å². The second kappa shape index (κ2) is 6.19. The van der Waals surface area contributed by atoms with Crippen LogP contribution in [0.1, 0.15) is 19.8 Å². The van der Waals surface area contributed by atoms with Crippen LogP contribution in [-0.4, -0.2) is 35.8 Å². The zero-order valence-electron chi connectivity index (χ0n) is 11.5. The Morgan fingerprint density at radius 3 is 2.74 bits per heavy atom. The van der Waals surface area contributed by atoms with Gasteiger partial charge in [0.15, 0.2) is 0 Å². The number of hydrogen-bond acceptors (Lipinski definition) is 3. The molecule has 5 heteroatoms. The van der Waals surface area contributed by atoms with Crippen molar-refractivity contribution in [1.82, 2.24) is 4.90 Å². The zero-order valence-corrected chi connectivity index (χ0v) is 12.3. The number of anilines is 1. The standard InChI is InChI=1S/C14H21N3OS/c1-3-12-13(9-10-17(12)14(15)18)19-16(2)11-7-5-4-6-8-11/h4-8,12-13H,3,9-10H2,1-2H3,(H2,15,18). The molecule has 0 spiro atoms. The van der Waals surface area contributed by atoms with Crippen LogP contribution in [0.4, 0.5) is 10.5 Å². The number of para-hydroxylation sites is 1. The van der Waals surface area contributed by atoms with Crippen molar-refractivity contribution in [2.24, 2.45) is 5.73 Å². The summed E-state index contributed by atoms with van der Waals surface area (Å²) >= 11 is 1.80. The summed E-state index contributed by atoms with van der Waals surface area (Å²) in [6.07, 6.45) is 1.95. The van der Waals surface area contributed by atoms with Crippen LogP contribution in [0.25, 0.3) is 0 Å². The highest BCUT2D eigenvalue weighted by Crippen LogP contribution is 2.34. The van der Waals surface area contributed by atoms with Crippen molar-refractivity contribution in [2.45, 2.75) is 31.1 Å². The maximum atomic E-state index is 11.4. The molecule has 2 atom stereocenters. The number of carbonyl (C=O) groups excluding carboxylic acids is 1. The van der Waals surface area contributed by atoms with Gasteiger partial charge in [-0.25, -0.2) is 4.79 Å². The lowest BCUT2D eigenvalue weighted by Gasteiger charge is -2.28. The molecule has 2 rings (SSSR count). The van der Waals surface area contributed by atoms with Crippen molar-refractivity contribution >= 4 is 23.7 Å². The molecular formula is C14H21N3OS. The molecule has 1 heterocycles. The molecule has 0 aliphatic carbocycles. The van der Waals surface area contributed by atoms with E-state index in [2.05, 4.69) is 30.4 Å². The van der Waals surface area contributed by atoms with E-state index < -0.39 is 0 Å². The number of nitrogens with two attached hydrogens (primary N) is 1. The Morgan fingerprint density at radius 1 is 1.47 bits per heavy atom. The number of hydrogen-bond donors (Lipinski definition) is 1. The van der Waals surface area contributed by atoms with Crippen molar-refractivity contribution < 1.29 is 4.79 Å². The lowest BCUT2D eigenvalue weighted by molar-refractivity contribution is 0.201. The van der Waals surface area contributed by atoms with E-state index in [9.17, 15) is 4.79 Å². The molecule has 19 heavy (non-hydrogen) atoms. The molecule has 1 aliphatic rings. The molecule has 1 aromatic carbocycles. The van der Waals surface area contributed by atoms with E-state index in [1.54, 1.807) is 16.8 Å². The van der Waals surface area contributed by atoms with Gasteiger partial charge in [0.1, 0.15) is 0 Å². The van der Waals surface area contributed by atoms with Crippen LogP contribution in [0, 0.1) is 0 Å². The minimum absolute atomic E-state index is 0.244. The third kappa shape index (κ3) is 3.15. The fourth-order valence-electron chi connectivity index (χ4n) is 2.61. The summed E-state index contributed by atoms with van der Waals surface area (Å²) < 4.78 is 2.18. The van der Waals surface area contributed by atoms with Gasteiger partial charge < -0.3 is 14.9 Å². The van der Waals surface area contributed by atoms with Crippen molar-refractivity contribution in [3.05, 3.63) is 30.3 Å². The second-order valence-corrected chi connectivity index (χ2v) is 6.14. The van der Waals surface area contributed by atoms with Crippen molar-refractivity contribution in [2.75, 3.05) is 17.9 Å². The second-order valence-electron chi connectivity index (χ2n) is 4.77. The maximum Gasteiger partial charge on any atom is 0.315 e. The Hall–Kier alpha value is -1.36. The lowest BCUT2D eigenvalue weighted by atomic mass is 10.1. The SMILES string of the molecule is CCC1C(SN(C)c2ccccc2)CCN1C(N)=O. The van der Waals surface area contributed by atoms with E-state index in [-0.39, 0.29) is 12.1 Å². The Morgan fingerprint density at radius 2 is 2.16 bits per heavy atom. The molecule has 0 saturated carbocycles. The number of primary amides is 1. The summed E-state index contributed by atoms with van der Waals surface area (Å²) in [5.74, 6) is 0. The number of rotatable bonds is 4. The summed E-state index contributed by atoms with van der Waals surface area (Å²) in [6.45, 7) is 2.89. The fraction of sp³-hybridized carbons (Fsp3) is 0.500. The summed E-state index contributed by atoms with van der Waals surface area (Å²) in [6, 6.07) is 10.2. The van der Waals surface area contributed by atoms with Gasteiger partial charge in [0.05, 0.1) is 0 Å².